The number of rotatable bonds is 9. The topological polar surface area (TPSA) is 175 Å². The third kappa shape index (κ3) is 6.52. The predicted molar refractivity (Wildman–Crippen MR) is 117 cm³/mol. The molecule has 3 atom stereocenters. The van der Waals surface area contributed by atoms with Gasteiger partial charge in [0.05, 0.1) is 12.6 Å². The summed E-state index contributed by atoms with van der Waals surface area (Å²) >= 11 is 0. The molecule has 0 spiro atoms. The zero-order chi connectivity index (χ0) is 25.5. The number of carboxylic acid groups (broad SMARTS) is 1. The Morgan fingerprint density at radius 3 is 2.69 bits per heavy atom. The van der Waals surface area contributed by atoms with Crippen molar-refractivity contribution >= 4 is 35.4 Å². The smallest absolute Gasteiger partial charge is 0.305 e. The Morgan fingerprint density at radius 1 is 1.26 bits per heavy atom. The summed E-state index contributed by atoms with van der Waals surface area (Å²) in [6, 6.07) is -0.401. The highest BCUT2D eigenvalue weighted by molar-refractivity contribution is 5.97. The fourth-order valence-electron chi connectivity index (χ4n) is 4.03. The molecule has 1 aromatic rings. The van der Waals surface area contributed by atoms with Crippen molar-refractivity contribution in [1.82, 2.24) is 25.6 Å². The average molecular weight is 489 g/mol. The van der Waals surface area contributed by atoms with Crippen LogP contribution in [0.4, 0.5) is 0 Å². The number of carbonyl (C=O) groups is 6. The molecule has 2 aliphatic rings. The van der Waals surface area contributed by atoms with Crippen LogP contribution in [-0.4, -0.2) is 86.8 Å². The van der Waals surface area contributed by atoms with Gasteiger partial charge in [0.2, 0.25) is 17.7 Å². The first-order valence-corrected chi connectivity index (χ1v) is 11.2. The average Bonchev–Trinajstić information content (AvgIpc) is 2.94. The van der Waals surface area contributed by atoms with E-state index in [1.54, 1.807) is 12.1 Å². The number of carboxylic acids is 1. The van der Waals surface area contributed by atoms with Gasteiger partial charge in [-0.05, 0) is 31.4 Å². The zero-order valence-electron chi connectivity index (χ0n) is 19.1. The largest absolute Gasteiger partial charge is 0.484 e. The van der Waals surface area contributed by atoms with E-state index in [0.717, 1.165) is 5.01 Å². The first-order valence-electron chi connectivity index (χ1n) is 11.2. The zero-order valence-corrected chi connectivity index (χ0v) is 19.1. The molecule has 13 heteroatoms. The van der Waals surface area contributed by atoms with Crippen LogP contribution >= 0.6 is 0 Å². The second kappa shape index (κ2) is 11.4. The number of Topliss-reactive ketones (excluding diaryl/α,β-unsaturated/α-hetero) is 1. The molecule has 13 nitrogen and oxygen atoms in total. The minimum absolute atomic E-state index is 0.00727. The normalized spacial score (nSPS) is 20.8. The molecule has 3 rings (SSSR count). The van der Waals surface area contributed by atoms with Crippen molar-refractivity contribution in [2.24, 2.45) is 0 Å². The van der Waals surface area contributed by atoms with Crippen molar-refractivity contribution in [2.75, 3.05) is 13.2 Å². The predicted octanol–water partition coefficient (Wildman–Crippen LogP) is -0.978. The highest BCUT2D eigenvalue weighted by Gasteiger charge is 2.45. The van der Waals surface area contributed by atoms with E-state index in [1.807, 2.05) is 0 Å². The van der Waals surface area contributed by atoms with E-state index in [2.05, 4.69) is 15.6 Å². The van der Waals surface area contributed by atoms with Gasteiger partial charge in [-0.1, -0.05) is 0 Å². The molecule has 0 unspecified atom stereocenters. The highest BCUT2D eigenvalue weighted by atomic mass is 16.5. The fourth-order valence-corrected chi connectivity index (χ4v) is 4.03. The molecule has 4 amide bonds. The van der Waals surface area contributed by atoms with Crippen molar-refractivity contribution in [3.8, 4) is 5.75 Å². The van der Waals surface area contributed by atoms with E-state index in [0.29, 0.717) is 12.2 Å². The monoisotopic (exact) mass is 489 g/mol. The molecular weight excluding hydrogens is 462 g/mol. The van der Waals surface area contributed by atoms with Gasteiger partial charge < -0.3 is 20.5 Å². The fraction of sp³-hybridized carbons (Fsp3) is 0.500. The number of aliphatic carboxylic acids is 1. The minimum Gasteiger partial charge on any atom is -0.484 e. The summed E-state index contributed by atoms with van der Waals surface area (Å²) in [5, 5.41) is 16.4. The Bertz CT molecular complexity index is 1000. The number of hydrazine groups is 1. The summed E-state index contributed by atoms with van der Waals surface area (Å²) in [5.41, 5.74) is 0. The lowest BCUT2D eigenvalue weighted by atomic mass is 10.0. The molecule has 2 saturated heterocycles. The van der Waals surface area contributed by atoms with Crippen LogP contribution in [0.15, 0.2) is 24.5 Å². The molecule has 1 aromatic heterocycles. The standard InChI is InChI=1S/C22H27N5O8/c1-13(28)24-15-6-7-19(30)26-9-3-5-17(27(26)22(15)34)21(33)25-16(10-20(31)32)18(29)12-35-14-4-2-8-23-11-14/h2,4,8,11,15-17H,3,5-7,9-10,12H2,1H3,(H,24,28)(H,25,33)(H,31,32)/t15-,16-,17-/m0/s1. The van der Waals surface area contributed by atoms with Crippen LogP contribution in [0, 0.1) is 0 Å². The first-order chi connectivity index (χ1) is 16.7. The van der Waals surface area contributed by atoms with Gasteiger partial charge >= 0.3 is 5.97 Å². The summed E-state index contributed by atoms with van der Waals surface area (Å²) in [5.74, 6) is -3.93. The third-order valence-electron chi connectivity index (χ3n) is 5.64. The number of pyridine rings is 1. The quantitative estimate of drug-likeness (QED) is 0.394. The van der Waals surface area contributed by atoms with Crippen molar-refractivity contribution in [2.45, 2.75) is 57.2 Å². The number of ether oxygens (including phenoxy) is 1. The second-order valence-corrected chi connectivity index (χ2v) is 8.25. The van der Waals surface area contributed by atoms with Crippen molar-refractivity contribution in [3.63, 3.8) is 0 Å². The summed E-state index contributed by atoms with van der Waals surface area (Å²) in [4.78, 5) is 78.4. The molecule has 0 aromatic carbocycles. The lowest BCUT2D eigenvalue weighted by molar-refractivity contribution is -0.176. The van der Waals surface area contributed by atoms with Crippen LogP contribution in [0.3, 0.4) is 0 Å². The van der Waals surface area contributed by atoms with E-state index < -0.39 is 60.6 Å². The van der Waals surface area contributed by atoms with Crippen LogP contribution in [0.2, 0.25) is 0 Å². The van der Waals surface area contributed by atoms with Crippen molar-refractivity contribution in [1.29, 1.82) is 0 Å². The van der Waals surface area contributed by atoms with E-state index in [4.69, 9.17) is 4.74 Å². The molecule has 0 aliphatic carbocycles. The van der Waals surface area contributed by atoms with Gasteiger partial charge in [0, 0.05) is 26.1 Å². The van der Waals surface area contributed by atoms with Crippen LogP contribution in [0.5, 0.6) is 5.75 Å². The van der Waals surface area contributed by atoms with Gasteiger partial charge in [0.25, 0.3) is 5.91 Å². The number of amides is 4. The number of hydrogen-bond acceptors (Lipinski definition) is 8. The van der Waals surface area contributed by atoms with Crippen LogP contribution < -0.4 is 15.4 Å². The van der Waals surface area contributed by atoms with Crippen LogP contribution in [0.1, 0.15) is 39.0 Å². The van der Waals surface area contributed by atoms with Gasteiger partial charge in [-0.15, -0.1) is 0 Å². The molecule has 0 saturated carbocycles. The Morgan fingerprint density at radius 2 is 2.03 bits per heavy atom. The maximum atomic E-state index is 13.2. The molecule has 188 valence electrons. The maximum Gasteiger partial charge on any atom is 0.305 e. The van der Waals surface area contributed by atoms with Crippen molar-refractivity contribution in [3.05, 3.63) is 24.5 Å². The molecule has 2 aliphatic heterocycles. The molecule has 2 fully saturated rings. The Balaban J connectivity index is 1.76. The van der Waals surface area contributed by atoms with Gasteiger partial charge in [0.15, 0.2) is 5.78 Å². The van der Waals surface area contributed by atoms with Gasteiger partial charge in [-0.3, -0.25) is 38.8 Å². The van der Waals surface area contributed by atoms with E-state index in [-0.39, 0.29) is 31.7 Å². The number of nitrogens with one attached hydrogen (secondary N) is 2. The number of fused-ring (bicyclic) bond motifs is 1. The molecule has 0 bridgehead atoms. The lowest BCUT2D eigenvalue weighted by Gasteiger charge is -2.43. The first kappa shape index (κ1) is 25.6. The SMILES string of the molecule is CC(=O)N[C@H]1CCC(=O)N2CCC[C@@H](C(=O)N[C@@H](CC(=O)O)C(=O)COc3cccnc3)N2C1=O. The molecule has 35 heavy (non-hydrogen) atoms. The Labute approximate surface area is 200 Å². The lowest BCUT2D eigenvalue weighted by Crippen LogP contribution is -2.64. The maximum absolute atomic E-state index is 13.2. The van der Waals surface area contributed by atoms with Gasteiger partial charge in [0.1, 0.15) is 30.5 Å². The summed E-state index contributed by atoms with van der Waals surface area (Å²) in [6.45, 7) is 0.956. The van der Waals surface area contributed by atoms with Gasteiger partial charge in [-0.2, -0.15) is 0 Å². The summed E-state index contributed by atoms with van der Waals surface area (Å²) in [7, 11) is 0. The number of nitrogens with zero attached hydrogens (tertiary/aromatic N) is 3. The van der Waals surface area contributed by atoms with Crippen molar-refractivity contribution < 1.29 is 38.6 Å². The number of ketones is 1. The second-order valence-electron chi connectivity index (χ2n) is 8.25. The molecule has 3 heterocycles. The molecular formula is C22H27N5O8. The minimum atomic E-state index is -1.42. The highest BCUT2D eigenvalue weighted by Crippen LogP contribution is 2.25. The van der Waals surface area contributed by atoms with E-state index in [1.165, 1.54) is 24.3 Å². The van der Waals surface area contributed by atoms with Crippen LogP contribution in [-0.2, 0) is 28.8 Å². The number of carbonyl (C=O) groups excluding carboxylic acids is 5. The van der Waals surface area contributed by atoms with E-state index >= 15 is 0 Å². The Kier molecular flexibility index (Phi) is 8.34. The molecule has 0 radical (unpaired) electrons. The number of hydrogen-bond donors (Lipinski definition) is 3. The van der Waals surface area contributed by atoms with Gasteiger partial charge in [-0.25, -0.2) is 5.01 Å². The summed E-state index contributed by atoms with van der Waals surface area (Å²) in [6.07, 6.45) is 2.90. The third-order valence-corrected chi connectivity index (χ3v) is 5.64. The summed E-state index contributed by atoms with van der Waals surface area (Å²) < 4.78 is 5.33. The Hall–Kier alpha value is -4.03. The van der Waals surface area contributed by atoms with E-state index in [9.17, 15) is 33.9 Å². The van der Waals surface area contributed by atoms with Crippen LogP contribution in [0.25, 0.3) is 0 Å². The molecule has 3 N–H and O–H groups in total. The number of aromatic nitrogens is 1.